The van der Waals surface area contributed by atoms with E-state index in [0.717, 1.165) is 10.0 Å². The van der Waals surface area contributed by atoms with Crippen LogP contribution < -0.4 is 10.7 Å². The van der Waals surface area contributed by atoms with Gasteiger partial charge in [0.05, 0.1) is 6.21 Å². The van der Waals surface area contributed by atoms with Crippen LogP contribution in [0.15, 0.2) is 64.2 Å². The summed E-state index contributed by atoms with van der Waals surface area (Å²) in [5, 5.41) is 6.73. The van der Waals surface area contributed by atoms with Gasteiger partial charge in [-0.25, -0.2) is 5.43 Å². The third kappa shape index (κ3) is 5.83. The average Bonchev–Trinajstić information content (AvgIpc) is 2.60. The first-order chi connectivity index (χ1) is 12.0. The third-order valence-electron chi connectivity index (χ3n) is 3.51. The van der Waals surface area contributed by atoms with Crippen molar-refractivity contribution in [2.45, 2.75) is 19.9 Å². The van der Waals surface area contributed by atoms with Crippen LogP contribution in [0.2, 0.25) is 0 Å². The molecule has 0 aliphatic carbocycles. The van der Waals surface area contributed by atoms with Crippen molar-refractivity contribution in [3.8, 4) is 0 Å². The Bertz CT molecular complexity index is 760. The Balaban J connectivity index is 1.99. The minimum atomic E-state index is -0.674. The summed E-state index contributed by atoms with van der Waals surface area (Å²) in [7, 11) is 0. The summed E-state index contributed by atoms with van der Waals surface area (Å²) in [6, 6.07) is 15.7. The van der Waals surface area contributed by atoms with Crippen molar-refractivity contribution < 1.29 is 9.59 Å². The van der Waals surface area contributed by atoms with E-state index in [0.29, 0.717) is 5.56 Å². The van der Waals surface area contributed by atoms with Gasteiger partial charge in [0.25, 0.3) is 11.8 Å². The summed E-state index contributed by atoms with van der Waals surface area (Å²) in [5.74, 6) is -0.718. The first-order valence-electron chi connectivity index (χ1n) is 7.92. The third-order valence-corrected chi connectivity index (χ3v) is 4.00. The van der Waals surface area contributed by atoms with Crippen LogP contribution in [0, 0.1) is 5.92 Å². The van der Waals surface area contributed by atoms with Gasteiger partial charge in [-0.3, -0.25) is 9.59 Å². The van der Waals surface area contributed by atoms with Crippen molar-refractivity contribution in [2.24, 2.45) is 11.0 Å². The molecule has 0 fully saturated rings. The molecule has 130 valence electrons. The maximum atomic E-state index is 12.4. The minimum absolute atomic E-state index is 0.0752. The second-order valence-corrected chi connectivity index (χ2v) is 6.77. The van der Waals surface area contributed by atoms with Crippen LogP contribution in [-0.4, -0.2) is 24.1 Å². The predicted octanol–water partition coefficient (Wildman–Crippen LogP) is 3.35. The summed E-state index contributed by atoms with van der Waals surface area (Å²) in [5.41, 5.74) is 3.85. The van der Waals surface area contributed by atoms with E-state index >= 15 is 0 Å². The Morgan fingerprint density at radius 3 is 2.44 bits per heavy atom. The molecule has 0 bridgehead atoms. The van der Waals surface area contributed by atoms with Gasteiger partial charge in [0.1, 0.15) is 6.04 Å². The van der Waals surface area contributed by atoms with Crippen LogP contribution in [-0.2, 0) is 4.79 Å². The van der Waals surface area contributed by atoms with Gasteiger partial charge in [-0.15, -0.1) is 0 Å². The number of amides is 2. The van der Waals surface area contributed by atoms with Gasteiger partial charge in [0.2, 0.25) is 0 Å². The van der Waals surface area contributed by atoms with E-state index in [9.17, 15) is 9.59 Å². The Labute approximate surface area is 155 Å². The highest BCUT2D eigenvalue weighted by Gasteiger charge is 2.24. The fourth-order valence-corrected chi connectivity index (χ4v) is 2.59. The number of hydrogen-bond acceptors (Lipinski definition) is 3. The summed E-state index contributed by atoms with van der Waals surface area (Å²) in [4.78, 5) is 24.6. The molecule has 25 heavy (non-hydrogen) atoms. The molecule has 0 aromatic heterocycles. The summed E-state index contributed by atoms with van der Waals surface area (Å²) in [6.07, 6.45) is 1.55. The first kappa shape index (κ1) is 18.9. The van der Waals surface area contributed by atoms with Gasteiger partial charge in [-0.2, -0.15) is 5.10 Å². The minimum Gasteiger partial charge on any atom is -0.340 e. The lowest BCUT2D eigenvalue weighted by Gasteiger charge is -2.20. The number of nitrogens with one attached hydrogen (secondary N) is 2. The zero-order chi connectivity index (χ0) is 18.2. The normalized spacial score (nSPS) is 12.2. The quantitative estimate of drug-likeness (QED) is 0.575. The molecule has 0 spiro atoms. The molecule has 0 aliphatic rings. The molecule has 2 amide bonds. The highest BCUT2D eigenvalue weighted by molar-refractivity contribution is 9.10. The van der Waals surface area contributed by atoms with Gasteiger partial charge in [0, 0.05) is 10.0 Å². The van der Waals surface area contributed by atoms with E-state index in [1.165, 1.54) is 0 Å². The van der Waals surface area contributed by atoms with Gasteiger partial charge >= 0.3 is 0 Å². The van der Waals surface area contributed by atoms with Gasteiger partial charge in [-0.1, -0.05) is 60.1 Å². The first-order valence-corrected chi connectivity index (χ1v) is 8.71. The molecule has 0 heterocycles. The fourth-order valence-electron chi connectivity index (χ4n) is 2.18. The van der Waals surface area contributed by atoms with Crippen LogP contribution in [0.25, 0.3) is 0 Å². The molecular weight excluding hydrogens is 382 g/mol. The molecule has 1 unspecified atom stereocenters. The largest absolute Gasteiger partial charge is 0.340 e. The Morgan fingerprint density at radius 2 is 1.80 bits per heavy atom. The van der Waals surface area contributed by atoms with Crippen LogP contribution in [0.1, 0.15) is 29.8 Å². The van der Waals surface area contributed by atoms with E-state index in [1.807, 2.05) is 44.2 Å². The monoisotopic (exact) mass is 401 g/mol. The van der Waals surface area contributed by atoms with Gasteiger partial charge < -0.3 is 5.32 Å². The van der Waals surface area contributed by atoms with E-state index in [2.05, 4.69) is 31.8 Å². The zero-order valence-corrected chi connectivity index (χ0v) is 15.7. The van der Waals surface area contributed by atoms with Crippen molar-refractivity contribution in [3.05, 3.63) is 70.2 Å². The second kappa shape index (κ2) is 9.13. The molecule has 0 aliphatic heterocycles. The highest BCUT2D eigenvalue weighted by Crippen LogP contribution is 2.10. The van der Waals surface area contributed by atoms with Crippen LogP contribution >= 0.6 is 15.9 Å². The second-order valence-electron chi connectivity index (χ2n) is 5.85. The van der Waals surface area contributed by atoms with Crippen LogP contribution in [0.3, 0.4) is 0 Å². The molecule has 5 nitrogen and oxygen atoms in total. The Hall–Kier alpha value is -2.47. The number of halogens is 1. The van der Waals surface area contributed by atoms with E-state index in [-0.39, 0.29) is 17.7 Å². The summed E-state index contributed by atoms with van der Waals surface area (Å²) < 4.78 is 0.929. The zero-order valence-electron chi connectivity index (χ0n) is 14.1. The van der Waals surface area contributed by atoms with Crippen molar-refractivity contribution in [1.29, 1.82) is 0 Å². The molecule has 2 aromatic rings. The number of carbonyl (C=O) groups excluding carboxylic acids is 2. The number of benzene rings is 2. The summed E-state index contributed by atoms with van der Waals surface area (Å²) >= 11 is 3.38. The number of carbonyl (C=O) groups is 2. The molecular formula is C19H20BrN3O2. The maximum absolute atomic E-state index is 12.4. The lowest BCUT2D eigenvalue weighted by atomic mass is 10.0. The van der Waals surface area contributed by atoms with Crippen LogP contribution in [0.4, 0.5) is 0 Å². The maximum Gasteiger partial charge on any atom is 0.262 e. The van der Waals surface area contributed by atoms with Crippen molar-refractivity contribution in [2.75, 3.05) is 0 Å². The Morgan fingerprint density at radius 1 is 1.08 bits per heavy atom. The van der Waals surface area contributed by atoms with E-state index in [4.69, 9.17) is 0 Å². The average molecular weight is 402 g/mol. The highest BCUT2D eigenvalue weighted by atomic mass is 79.9. The molecule has 6 heteroatoms. The van der Waals surface area contributed by atoms with Gasteiger partial charge in [0.15, 0.2) is 0 Å². The molecule has 2 N–H and O–H groups in total. The molecule has 0 saturated heterocycles. The summed E-state index contributed by atoms with van der Waals surface area (Å²) in [6.45, 7) is 3.74. The standard InChI is InChI=1S/C19H20BrN3O2/c1-13(2)17(22-18(24)15-8-4-3-5-9-15)19(25)23-21-12-14-7-6-10-16(20)11-14/h3-13,17H,1-2H3,(H,22,24)(H,23,25)/b21-12+. The van der Waals surface area contributed by atoms with E-state index in [1.54, 1.807) is 30.5 Å². The predicted molar refractivity (Wildman–Crippen MR) is 102 cm³/mol. The molecule has 2 rings (SSSR count). The smallest absolute Gasteiger partial charge is 0.262 e. The number of hydrogen-bond donors (Lipinski definition) is 2. The number of nitrogens with zero attached hydrogens (tertiary/aromatic N) is 1. The van der Waals surface area contributed by atoms with Crippen molar-refractivity contribution in [3.63, 3.8) is 0 Å². The lowest BCUT2D eigenvalue weighted by molar-refractivity contribution is -0.123. The van der Waals surface area contributed by atoms with E-state index < -0.39 is 6.04 Å². The van der Waals surface area contributed by atoms with Crippen molar-refractivity contribution in [1.82, 2.24) is 10.7 Å². The molecule has 2 aromatic carbocycles. The van der Waals surface area contributed by atoms with Gasteiger partial charge in [-0.05, 0) is 35.7 Å². The topological polar surface area (TPSA) is 70.6 Å². The van der Waals surface area contributed by atoms with Crippen molar-refractivity contribution >= 4 is 34.0 Å². The molecule has 0 radical (unpaired) electrons. The Kier molecular flexibility index (Phi) is 6.89. The number of rotatable bonds is 6. The molecule has 0 saturated carbocycles. The fraction of sp³-hybridized carbons (Fsp3) is 0.211. The SMILES string of the molecule is CC(C)C(NC(=O)c1ccccc1)C(=O)N/N=C/c1cccc(Br)c1. The molecule has 1 atom stereocenters. The van der Waals surface area contributed by atoms with Crippen LogP contribution in [0.5, 0.6) is 0 Å². The lowest BCUT2D eigenvalue weighted by Crippen LogP contribution is -2.48. The number of hydrazone groups is 1.